The Balaban J connectivity index is 2.13. The van der Waals surface area contributed by atoms with Crippen molar-refractivity contribution in [3.05, 3.63) is 26.7 Å². The van der Waals surface area contributed by atoms with E-state index < -0.39 is 5.97 Å². The molecular weight excluding hydrogens is 310 g/mol. The lowest BCUT2D eigenvalue weighted by Crippen LogP contribution is -2.07. The number of anilines is 1. The Hall–Kier alpha value is -1.80. The summed E-state index contributed by atoms with van der Waals surface area (Å²) in [4.78, 5) is 33.1. The maximum atomic E-state index is 11.6. The number of aromatic nitrogens is 2. The lowest BCUT2D eigenvalue weighted by molar-refractivity contribution is 0.0591. The zero-order valence-corrected chi connectivity index (χ0v) is 13.6. The summed E-state index contributed by atoms with van der Waals surface area (Å²) < 4.78 is 4.64. The van der Waals surface area contributed by atoms with Crippen molar-refractivity contribution in [3.63, 3.8) is 0 Å². The van der Waals surface area contributed by atoms with Gasteiger partial charge < -0.3 is 10.1 Å². The number of hydrogen-bond donors (Lipinski definition) is 1. The number of carbonyl (C=O) groups is 2. The van der Waals surface area contributed by atoms with Crippen LogP contribution in [0.15, 0.2) is 6.20 Å². The number of rotatable bonds is 6. The number of nitrogens with zero attached hydrogens (tertiary/aromatic N) is 2. The van der Waals surface area contributed by atoms with E-state index in [9.17, 15) is 9.59 Å². The highest BCUT2D eigenvalue weighted by Gasteiger charge is 2.21. The summed E-state index contributed by atoms with van der Waals surface area (Å²) in [6, 6.07) is 0. The van der Waals surface area contributed by atoms with E-state index in [-0.39, 0.29) is 11.5 Å². The number of carbonyl (C=O) groups excluding carboxylic acids is 2. The number of Topliss-reactive ketones (excluding diaryl/α,β-unsaturated/α-hetero) is 1. The van der Waals surface area contributed by atoms with E-state index in [0.717, 1.165) is 22.8 Å². The topological polar surface area (TPSA) is 81.2 Å². The molecule has 2 rings (SSSR count). The van der Waals surface area contributed by atoms with Crippen LogP contribution in [0.3, 0.4) is 0 Å². The molecule has 2 heterocycles. The van der Waals surface area contributed by atoms with Crippen molar-refractivity contribution in [1.29, 1.82) is 0 Å². The largest absolute Gasteiger partial charge is 0.464 e. The van der Waals surface area contributed by atoms with Crippen molar-refractivity contribution in [2.24, 2.45) is 0 Å². The SMILES string of the molecule is CCc1cnc(CNc2nc(C(=O)OC)c(C(C)=O)s2)s1. The zero-order chi connectivity index (χ0) is 15.4. The Labute approximate surface area is 130 Å². The first-order chi connectivity index (χ1) is 10.0. The molecule has 0 atom stereocenters. The molecule has 2 aromatic rings. The van der Waals surface area contributed by atoms with Gasteiger partial charge in [-0.1, -0.05) is 18.3 Å². The molecule has 0 aliphatic heterocycles. The lowest BCUT2D eigenvalue weighted by atomic mass is 10.3. The smallest absolute Gasteiger partial charge is 0.358 e. The van der Waals surface area contributed by atoms with Crippen LogP contribution in [0.4, 0.5) is 5.13 Å². The first-order valence-electron chi connectivity index (χ1n) is 6.32. The molecule has 0 bridgehead atoms. The number of aryl methyl sites for hydroxylation is 1. The average molecular weight is 325 g/mol. The molecule has 0 saturated heterocycles. The molecule has 6 nitrogen and oxygen atoms in total. The van der Waals surface area contributed by atoms with Gasteiger partial charge in [0, 0.05) is 18.0 Å². The minimum atomic E-state index is -0.605. The second-order valence-electron chi connectivity index (χ2n) is 4.17. The predicted molar refractivity (Wildman–Crippen MR) is 82.3 cm³/mol. The summed E-state index contributed by atoms with van der Waals surface area (Å²) in [6.07, 6.45) is 2.81. The number of thiazole rings is 2. The monoisotopic (exact) mass is 325 g/mol. The van der Waals surface area contributed by atoms with Gasteiger partial charge in [0.05, 0.1) is 13.7 Å². The van der Waals surface area contributed by atoms with Crippen molar-refractivity contribution < 1.29 is 14.3 Å². The van der Waals surface area contributed by atoms with Crippen LogP contribution in [0.1, 0.15) is 43.9 Å². The Morgan fingerprint density at radius 3 is 2.71 bits per heavy atom. The molecule has 0 unspecified atom stereocenters. The van der Waals surface area contributed by atoms with E-state index in [1.807, 2.05) is 6.20 Å². The molecule has 21 heavy (non-hydrogen) atoms. The van der Waals surface area contributed by atoms with Crippen LogP contribution in [-0.4, -0.2) is 28.8 Å². The molecule has 0 saturated carbocycles. The molecule has 0 aliphatic carbocycles. The second-order valence-corrected chi connectivity index (χ2v) is 6.37. The van der Waals surface area contributed by atoms with Gasteiger partial charge >= 0.3 is 5.97 Å². The van der Waals surface area contributed by atoms with Crippen LogP contribution in [0.25, 0.3) is 0 Å². The summed E-state index contributed by atoms with van der Waals surface area (Å²) in [7, 11) is 1.26. The minimum Gasteiger partial charge on any atom is -0.464 e. The Morgan fingerprint density at radius 2 is 2.14 bits per heavy atom. The van der Waals surface area contributed by atoms with Crippen LogP contribution in [0.5, 0.6) is 0 Å². The van der Waals surface area contributed by atoms with Gasteiger partial charge in [-0.15, -0.1) is 11.3 Å². The molecule has 0 fully saturated rings. The molecular formula is C13H15N3O3S2. The Morgan fingerprint density at radius 1 is 1.38 bits per heavy atom. The van der Waals surface area contributed by atoms with Crippen molar-refractivity contribution >= 4 is 39.6 Å². The van der Waals surface area contributed by atoms with Crippen molar-refractivity contribution in [3.8, 4) is 0 Å². The number of hydrogen-bond acceptors (Lipinski definition) is 8. The van der Waals surface area contributed by atoms with E-state index >= 15 is 0 Å². The lowest BCUT2D eigenvalue weighted by Gasteiger charge is -1.98. The van der Waals surface area contributed by atoms with Crippen molar-refractivity contribution in [2.75, 3.05) is 12.4 Å². The fourth-order valence-corrected chi connectivity index (χ4v) is 3.26. The maximum Gasteiger partial charge on any atom is 0.358 e. The van der Waals surface area contributed by atoms with Crippen LogP contribution in [-0.2, 0) is 17.7 Å². The molecule has 8 heteroatoms. The highest BCUT2D eigenvalue weighted by molar-refractivity contribution is 7.17. The summed E-state index contributed by atoms with van der Waals surface area (Å²) in [5, 5.41) is 4.53. The average Bonchev–Trinajstić information content (AvgIpc) is 3.10. The highest BCUT2D eigenvalue weighted by Crippen LogP contribution is 2.25. The number of ketones is 1. The third-order valence-corrected chi connectivity index (χ3v) is 4.92. The number of methoxy groups -OCH3 is 1. The highest BCUT2D eigenvalue weighted by atomic mass is 32.1. The summed E-state index contributed by atoms with van der Waals surface area (Å²) in [5.74, 6) is -0.810. The molecule has 112 valence electrons. The summed E-state index contributed by atoms with van der Waals surface area (Å²) >= 11 is 2.77. The third-order valence-electron chi connectivity index (χ3n) is 2.67. The normalized spacial score (nSPS) is 10.4. The third kappa shape index (κ3) is 3.64. The second kappa shape index (κ2) is 6.77. The number of esters is 1. The molecule has 0 aliphatic rings. The maximum absolute atomic E-state index is 11.6. The number of nitrogens with one attached hydrogen (secondary N) is 1. The van der Waals surface area contributed by atoms with Crippen LogP contribution in [0.2, 0.25) is 0 Å². The van der Waals surface area contributed by atoms with Gasteiger partial charge in [-0.25, -0.2) is 14.8 Å². The Kier molecular flexibility index (Phi) is 5.03. The van der Waals surface area contributed by atoms with Crippen molar-refractivity contribution in [2.45, 2.75) is 26.8 Å². The van der Waals surface area contributed by atoms with E-state index in [4.69, 9.17) is 0 Å². The van der Waals surface area contributed by atoms with E-state index in [2.05, 4.69) is 26.9 Å². The van der Waals surface area contributed by atoms with E-state index in [1.54, 1.807) is 11.3 Å². The van der Waals surface area contributed by atoms with Gasteiger partial charge in [0.25, 0.3) is 0 Å². The minimum absolute atomic E-state index is 0.0610. The van der Waals surface area contributed by atoms with Crippen LogP contribution >= 0.6 is 22.7 Å². The fraction of sp³-hybridized carbons (Fsp3) is 0.385. The van der Waals surface area contributed by atoms with Gasteiger partial charge in [-0.3, -0.25) is 4.79 Å². The van der Waals surface area contributed by atoms with Gasteiger partial charge in [0.1, 0.15) is 9.88 Å². The standard InChI is InChI=1S/C13H15N3O3S2/c1-4-8-5-14-9(20-8)6-15-13-16-10(12(18)19-3)11(21-13)7(2)17/h5H,4,6H2,1-3H3,(H,15,16). The predicted octanol–water partition coefficient (Wildman–Crippen LogP) is 2.76. The van der Waals surface area contributed by atoms with Crippen LogP contribution in [0, 0.1) is 0 Å². The molecule has 2 aromatic heterocycles. The fourth-order valence-electron chi connectivity index (χ4n) is 1.61. The van der Waals surface area contributed by atoms with E-state index in [1.165, 1.54) is 18.9 Å². The molecule has 0 aromatic carbocycles. The first-order valence-corrected chi connectivity index (χ1v) is 7.96. The molecule has 0 amide bonds. The zero-order valence-electron chi connectivity index (χ0n) is 11.9. The van der Waals surface area contributed by atoms with Crippen LogP contribution < -0.4 is 5.32 Å². The van der Waals surface area contributed by atoms with Crippen molar-refractivity contribution in [1.82, 2.24) is 9.97 Å². The molecule has 1 N–H and O–H groups in total. The summed E-state index contributed by atoms with van der Waals surface area (Å²) in [6.45, 7) is 3.99. The van der Waals surface area contributed by atoms with Gasteiger partial charge in [-0.2, -0.15) is 0 Å². The van der Waals surface area contributed by atoms with E-state index in [0.29, 0.717) is 16.6 Å². The van der Waals surface area contributed by atoms with Gasteiger partial charge in [0.15, 0.2) is 16.6 Å². The van der Waals surface area contributed by atoms with Gasteiger partial charge in [0.2, 0.25) is 0 Å². The number of ether oxygens (including phenoxy) is 1. The molecule has 0 radical (unpaired) electrons. The van der Waals surface area contributed by atoms with Gasteiger partial charge in [-0.05, 0) is 6.42 Å². The molecule has 0 spiro atoms. The quantitative estimate of drug-likeness (QED) is 0.650. The Bertz CT molecular complexity index is 663. The first kappa shape index (κ1) is 15.6. The summed E-state index contributed by atoms with van der Waals surface area (Å²) in [5.41, 5.74) is 0.0610.